The molecule has 0 saturated carbocycles. The molecule has 0 bridgehead atoms. The molecule has 1 aliphatic rings. The van der Waals surface area contributed by atoms with E-state index in [-0.39, 0.29) is 0 Å². The van der Waals surface area contributed by atoms with Gasteiger partial charge in [-0.15, -0.1) is 0 Å². The van der Waals surface area contributed by atoms with Crippen LogP contribution in [0.3, 0.4) is 0 Å². The molecule has 0 atom stereocenters. The second-order valence-electron chi connectivity index (χ2n) is 4.25. The van der Waals surface area contributed by atoms with Gasteiger partial charge in [0, 0.05) is 25.5 Å². The van der Waals surface area contributed by atoms with Crippen LogP contribution in [0.25, 0.3) is 0 Å². The molecule has 0 aliphatic carbocycles. The number of nitrogens with zero attached hydrogens (tertiary/aromatic N) is 4. The van der Waals surface area contributed by atoms with Crippen molar-refractivity contribution in [3.8, 4) is 0 Å². The van der Waals surface area contributed by atoms with Crippen molar-refractivity contribution in [3.05, 3.63) is 24.3 Å². The Kier molecular flexibility index (Phi) is 10.7. The summed E-state index contributed by atoms with van der Waals surface area (Å²) in [4.78, 5) is 10.2. The van der Waals surface area contributed by atoms with Gasteiger partial charge in [0.2, 0.25) is 0 Å². The molecule has 0 unspecified atom stereocenters. The van der Waals surface area contributed by atoms with Crippen LogP contribution in [-0.2, 0) is 13.1 Å². The Morgan fingerprint density at radius 2 is 1.95 bits per heavy atom. The summed E-state index contributed by atoms with van der Waals surface area (Å²) in [6.07, 6.45) is 11.5. The van der Waals surface area contributed by atoms with Gasteiger partial charge in [0.05, 0.1) is 12.4 Å². The van der Waals surface area contributed by atoms with Gasteiger partial charge in [-0.2, -0.15) is 5.10 Å². The zero-order chi connectivity index (χ0) is 15.3. The molecule has 9 heteroatoms. The van der Waals surface area contributed by atoms with Gasteiger partial charge in [-0.05, 0) is 25.1 Å². The Labute approximate surface area is 145 Å². The number of thiocarbonyl (C=S) groups is 1. The molecule has 1 aliphatic heterocycles. The summed E-state index contributed by atoms with van der Waals surface area (Å²) in [6.45, 7) is 2.04. The fourth-order valence-electron chi connectivity index (χ4n) is 1.88. The van der Waals surface area contributed by atoms with Crippen molar-refractivity contribution in [2.24, 2.45) is 5.10 Å². The first kappa shape index (κ1) is 18.6. The number of hydrogen-bond acceptors (Lipinski definition) is 4. The molecular formula is C12H17Cl2CuN5S. The predicted octanol–water partition coefficient (Wildman–Crippen LogP) is 2.94. The number of aromatic nitrogens is 2. The summed E-state index contributed by atoms with van der Waals surface area (Å²) in [5.74, 6) is 0. The van der Waals surface area contributed by atoms with Crippen LogP contribution in [0.15, 0.2) is 23.7 Å². The summed E-state index contributed by atoms with van der Waals surface area (Å²) >= 11 is 6.07. The SMILES string of the molecule is S=C(N/N=C/c1cnccn1)N1CCCCCC1.[Cl][Cu][Cl]. The van der Waals surface area contributed by atoms with Crippen molar-refractivity contribution >= 4 is 43.7 Å². The van der Waals surface area contributed by atoms with E-state index >= 15 is 0 Å². The molecule has 121 valence electrons. The van der Waals surface area contributed by atoms with Crippen LogP contribution < -0.4 is 5.43 Å². The third kappa shape index (κ3) is 8.53. The molecule has 1 aromatic rings. The number of halogens is 2. The summed E-state index contributed by atoms with van der Waals surface area (Å²) in [7, 11) is 9.34. The monoisotopic (exact) mass is 396 g/mol. The molecule has 1 aromatic heterocycles. The predicted molar refractivity (Wildman–Crippen MR) is 87.1 cm³/mol. The van der Waals surface area contributed by atoms with E-state index in [0.717, 1.165) is 26.2 Å². The van der Waals surface area contributed by atoms with Crippen molar-refractivity contribution in [1.82, 2.24) is 20.3 Å². The van der Waals surface area contributed by atoms with Gasteiger partial charge in [-0.1, -0.05) is 12.8 Å². The summed E-state index contributed by atoms with van der Waals surface area (Å²) in [5, 5.41) is 4.78. The van der Waals surface area contributed by atoms with E-state index in [1.807, 2.05) is 0 Å². The number of nitrogens with one attached hydrogen (secondary N) is 1. The number of rotatable bonds is 2. The minimum absolute atomic E-state index is 0.692. The van der Waals surface area contributed by atoms with E-state index < -0.39 is 0 Å². The van der Waals surface area contributed by atoms with Gasteiger partial charge >= 0.3 is 33.3 Å². The van der Waals surface area contributed by atoms with Crippen molar-refractivity contribution < 1.29 is 13.1 Å². The maximum absolute atomic E-state index is 5.31. The van der Waals surface area contributed by atoms with E-state index in [0.29, 0.717) is 10.8 Å². The molecule has 5 nitrogen and oxygen atoms in total. The Bertz CT molecular complexity index is 427. The summed E-state index contributed by atoms with van der Waals surface area (Å²) < 4.78 is 0. The van der Waals surface area contributed by atoms with Crippen LogP contribution in [0, 0.1) is 0 Å². The van der Waals surface area contributed by atoms with Crippen LogP contribution in [0.4, 0.5) is 0 Å². The van der Waals surface area contributed by atoms with Gasteiger partial charge in [0.1, 0.15) is 5.69 Å². The fraction of sp³-hybridized carbons (Fsp3) is 0.500. The first-order valence-electron chi connectivity index (χ1n) is 6.43. The Balaban J connectivity index is 0.000000677. The van der Waals surface area contributed by atoms with Crippen LogP contribution in [0.2, 0.25) is 0 Å². The molecule has 1 N–H and O–H groups in total. The van der Waals surface area contributed by atoms with Crippen molar-refractivity contribution in [2.75, 3.05) is 13.1 Å². The van der Waals surface area contributed by atoms with Crippen LogP contribution in [-0.4, -0.2) is 39.3 Å². The third-order valence-electron chi connectivity index (χ3n) is 2.83. The zero-order valence-electron chi connectivity index (χ0n) is 11.3. The maximum atomic E-state index is 5.31. The molecule has 1 fully saturated rings. The molecule has 1 saturated heterocycles. The number of likely N-dealkylation sites (tertiary alicyclic amines) is 1. The first-order valence-corrected chi connectivity index (χ1v) is 9.43. The minimum atomic E-state index is 0.692. The van der Waals surface area contributed by atoms with Gasteiger partial charge in [-0.25, -0.2) is 0 Å². The Hall–Kier alpha value is -0.461. The molecule has 2 heterocycles. The zero-order valence-corrected chi connectivity index (χ0v) is 14.6. The standard InChI is InChI=1S/C12H17N5S.2ClH.Cu/c18-12(17-7-3-1-2-4-8-17)16-15-10-11-9-13-5-6-14-11;;;/h5-6,9-10H,1-4,7-8H2,(H,16,18);2*1H;/q;;;+2/p-2/b15-10+;;;. The van der Waals surface area contributed by atoms with Gasteiger partial charge < -0.3 is 4.90 Å². The number of hydrazone groups is 1. The third-order valence-corrected chi connectivity index (χ3v) is 3.18. The Morgan fingerprint density at radius 1 is 1.29 bits per heavy atom. The van der Waals surface area contributed by atoms with Crippen LogP contribution in [0.1, 0.15) is 31.4 Å². The Morgan fingerprint density at radius 3 is 2.52 bits per heavy atom. The molecule has 2 rings (SSSR count). The van der Waals surface area contributed by atoms with E-state index in [1.54, 1.807) is 24.8 Å². The van der Waals surface area contributed by atoms with Gasteiger partial charge in [0.25, 0.3) is 0 Å². The van der Waals surface area contributed by atoms with Gasteiger partial charge in [-0.3, -0.25) is 15.4 Å². The quantitative estimate of drug-likeness (QED) is 0.360. The molecule has 0 amide bonds. The van der Waals surface area contributed by atoms with Gasteiger partial charge in [0.15, 0.2) is 5.11 Å². The molecule has 0 radical (unpaired) electrons. The first-order chi connectivity index (χ1) is 10.3. The second kappa shape index (κ2) is 12.1. The topological polar surface area (TPSA) is 53.4 Å². The van der Waals surface area contributed by atoms with Crippen molar-refractivity contribution in [1.29, 1.82) is 0 Å². The van der Waals surface area contributed by atoms with Crippen LogP contribution >= 0.6 is 32.4 Å². The number of hydrogen-bond donors (Lipinski definition) is 1. The van der Waals surface area contributed by atoms with E-state index in [9.17, 15) is 0 Å². The summed E-state index contributed by atoms with van der Waals surface area (Å²) in [6, 6.07) is 0. The second-order valence-corrected chi connectivity index (χ2v) is 6.19. The van der Waals surface area contributed by atoms with E-state index in [2.05, 4.69) is 45.6 Å². The normalized spacial score (nSPS) is 15.2. The average molecular weight is 398 g/mol. The fourth-order valence-corrected chi connectivity index (χ4v) is 2.11. The molecular weight excluding hydrogens is 381 g/mol. The van der Waals surface area contributed by atoms with Crippen molar-refractivity contribution in [2.45, 2.75) is 25.7 Å². The summed E-state index contributed by atoms with van der Waals surface area (Å²) in [5.41, 5.74) is 3.60. The molecule has 0 spiro atoms. The molecule has 21 heavy (non-hydrogen) atoms. The average Bonchev–Trinajstić information content (AvgIpc) is 2.78. The molecule has 0 aromatic carbocycles. The van der Waals surface area contributed by atoms with E-state index in [4.69, 9.17) is 12.2 Å². The van der Waals surface area contributed by atoms with Crippen LogP contribution in [0.5, 0.6) is 0 Å². The van der Waals surface area contributed by atoms with E-state index in [1.165, 1.54) is 25.7 Å². The van der Waals surface area contributed by atoms with Crippen molar-refractivity contribution in [3.63, 3.8) is 0 Å².